The highest BCUT2D eigenvalue weighted by atomic mass is 28.2. The van der Waals surface area contributed by atoms with Crippen LogP contribution in [-0.4, -0.2) is 10.4 Å². The summed E-state index contributed by atoms with van der Waals surface area (Å²) < 4.78 is 2.14. The first-order chi connectivity index (χ1) is 3.39. The molecule has 0 N–H and O–H groups in total. The summed E-state index contributed by atoms with van der Waals surface area (Å²) in [5.41, 5.74) is 0. The van der Waals surface area contributed by atoms with Crippen LogP contribution in [0.25, 0.3) is 0 Å². The second-order valence-electron chi connectivity index (χ2n) is 1.54. The van der Waals surface area contributed by atoms with Crippen LogP contribution in [0.2, 0.25) is 0 Å². The van der Waals surface area contributed by atoms with E-state index in [0.717, 1.165) is 10.4 Å². The van der Waals surface area contributed by atoms with E-state index in [2.05, 4.69) is 16.6 Å². The molecule has 0 unspecified atom stereocenters. The van der Waals surface area contributed by atoms with Gasteiger partial charge in [0.1, 0.15) is 12.4 Å². The SMILES string of the molecule is [SiH3][n+]1ccccc1. The summed E-state index contributed by atoms with van der Waals surface area (Å²) in [4.78, 5) is 0. The second kappa shape index (κ2) is 1.89. The lowest BCUT2D eigenvalue weighted by molar-refractivity contribution is -0.521. The van der Waals surface area contributed by atoms with Gasteiger partial charge in [-0.3, -0.25) is 4.23 Å². The Bertz CT molecular complexity index is 138. The van der Waals surface area contributed by atoms with Crippen molar-refractivity contribution >= 4 is 10.4 Å². The molecule has 0 aliphatic carbocycles. The van der Waals surface area contributed by atoms with Gasteiger partial charge < -0.3 is 0 Å². The van der Waals surface area contributed by atoms with Crippen LogP contribution < -0.4 is 4.23 Å². The third-order valence-electron chi connectivity index (χ3n) is 0.865. The summed E-state index contributed by atoms with van der Waals surface area (Å²) >= 11 is 0. The van der Waals surface area contributed by atoms with E-state index in [-0.39, 0.29) is 0 Å². The van der Waals surface area contributed by atoms with Crippen molar-refractivity contribution in [3.8, 4) is 0 Å². The molecule has 1 aromatic rings. The van der Waals surface area contributed by atoms with E-state index in [9.17, 15) is 0 Å². The molecule has 1 heterocycles. The molecule has 36 valence electrons. The molecule has 1 nitrogen and oxygen atoms in total. The van der Waals surface area contributed by atoms with Crippen LogP contribution in [0.5, 0.6) is 0 Å². The molecule has 7 heavy (non-hydrogen) atoms. The fourth-order valence-corrected chi connectivity index (χ4v) is 0.829. The molecule has 0 fully saturated rings. The molecule has 1 aromatic heterocycles. The summed E-state index contributed by atoms with van der Waals surface area (Å²) in [5, 5.41) is 0. The van der Waals surface area contributed by atoms with Gasteiger partial charge in [-0.25, -0.2) is 0 Å². The summed E-state index contributed by atoms with van der Waals surface area (Å²) in [5.74, 6) is 0. The van der Waals surface area contributed by atoms with Gasteiger partial charge in [0.05, 0.1) is 0 Å². The number of rotatable bonds is 0. The Morgan fingerprint density at radius 3 is 1.86 bits per heavy atom. The number of pyridine rings is 1. The quantitative estimate of drug-likeness (QED) is 0.381. The molecular formula is C5H8NSi+. The minimum atomic E-state index is 1.09. The standard InChI is InChI=1S/C5H8NSi/c7-6-4-2-1-3-5-6/h1-5H,7H3/q+1. The zero-order valence-electron chi connectivity index (χ0n) is 4.33. The normalized spacial score (nSPS) is 9.14. The average Bonchev–Trinajstić information content (AvgIpc) is 1.69. The van der Waals surface area contributed by atoms with Crippen molar-refractivity contribution in [2.75, 3.05) is 0 Å². The molecule has 0 saturated carbocycles. The van der Waals surface area contributed by atoms with Gasteiger partial charge >= 0.3 is 10.4 Å². The van der Waals surface area contributed by atoms with Crippen LogP contribution >= 0.6 is 0 Å². The van der Waals surface area contributed by atoms with E-state index in [1.807, 2.05) is 18.2 Å². The Labute approximate surface area is 46.1 Å². The smallest absolute Gasteiger partial charge is 0.287 e. The summed E-state index contributed by atoms with van der Waals surface area (Å²) in [6.07, 6.45) is 4.12. The van der Waals surface area contributed by atoms with Crippen molar-refractivity contribution in [3.05, 3.63) is 30.6 Å². The van der Waals surface area contributed by atoms with Crippen LogP contribution in [0.1, 0.15) is 0 Å². The lowest BCUT2D eigenvalue weighted by atomic mass is 10.5. The fourth-order valence-electron chi connectivity index (χ4n) is 0.485. The highest BCUT2D eigenvalue weighted by Crippen LogP contribution is 1.71. The van der Waals surface area contributed by atoms with E-state index in [1.165, 1.54) is 0 Å². The molecule has 0 bridgehead atoms. The molecule has 1 rings (SSSR count). The molecule has 0 aliphatic heterocycles. The zero-order chi connectivity index (χ0) is 5.11. The first kappa shape index (κ1) is 4.52. The summed E-state index contributed by atoms with van der Waals surface area (Å²) in [7, 11) is 1.09. The van der Waals surface area contributed by atoms with Crippen molar-refractivity contribution in [1.82, 2.24) is 0 Å². The molecular weight excluding hydrogens is 102 g/mol. The monoisotopic (exact) mass is 110 g/mol. The van der Waals surface area contributed by atoms with Crippen LogP contribution in [0.4, 0.5) is 0 Å². The number of aromatic nitrogens is 1. The maximum atomic E-state index is 2.14. The second-order valence-corrected chi connectivity index (χ2v) is 2.57. The van der Waals surface area contributed by atoms with E-state index in [1.54, 1.807) is 0 Å². The van der Waals surface area contributed by atoms with E-state index in [0.29, 0.717) is 0 Å². The summed E-state index contributed by atoms with van der Waals surface area (Å²) in [6, 6.07) is 6.09. The first-order valence-electron chi connectivity index (χ1n) is 2.30. The predicted octanol–water partition coefficient (Wildman–Crippen LogP) is -0.897. The van der Waals surface area contributed by atoms with Crippen molar-refractivity contribution in [2.45, 2.75) is 0 Å². The van der Waals surface area contributed by atoms with Crippen LogP contribution in [0, 0.1) is 0 Å². The molecule has 2 heteroatoms. The van der Waals surface area contributed by atoms with Gasteiger partial charge in [0.15, 0.2) is 0 Å². The number of hydrogen-bond acceptors (Lipinski definition) is 0. The highest BCUT2D eigenvalue weighted by Gasteiger charge is 1.77. The van der Waals surface area contributed by atoms with Crippen LogP contribution in [-0.2, 0) is 0 Å². The average molecular weight is 110 g/mol. The zero-order valence-corrected chi connectivity index (χ0v) is 6.33. The maximum absolute atomic E-state index is 2.14. The van der Waals surface area contributed by atoms with E-state index >= 15 is 0 Å². The Hall–Kier alpha value is -0.633. The van der Waals surface area contributed by atoms with Crippen molar-refractivity contribution < 1.29 is 4.23 Å². The first-order valence-corrected chi connectivity index (χ1v) is 3.19. The van der Waals surface area contributed by atoms with Crippen LogP contribution in [0.3, 0.4) is 0 Å². The lowest BCUT2D eigenvalue weighted by Crippen LogP contribution is -2.28. The minimum absolute atomic E-state index is 1.09. The van der Waals surface area contributed by atoms with Gasteiger partial charge in [-0.2, -0.15) is 0 Å². The molecule has 0 spiro atoms. The van der Waals surface area contributed by atoms with E-state index in [4.69, 9.17) is 0 Å². The van der Waals surface area contributed by atoms with Gasteiger partial charge in [-0.15, -0.1) is 0 Å². The maximum Gasteiger partial charge on any atom is 0.318 e. The largest absolute Gasteiger partial charge is 0.318 e. The molecule has 0 atom stereocenters. The third-order valence-corrected chi connectivity index (χ3v) is 1.46. The minimum Gasteiger partial charge on any atom is -0.287 e. The lowest BCUT2D eigenvalue weighted by Gasteiger charge is -1.79. The van der Waals surface area contributed by atoms with Crippen molar-refractivity contribution in [1.29, 1.82) is 0 Å². The van der Waals surface area contributed by atoms with Crippen molar-refractivity contribution in [2.24, 2.45) is 0 Å². The Kier molecular flexibility index (Phi) is 1.22. The van der Waals surface area contributed by atoms with E-state index < -0.39 is 0 Å². The van der Waals surface area contributed by atoms with Crippen molar-refractivity contribution in [3.63, 3.8) is 0 Å². The summed E-state index contributed by atoms with van der Waals surface area (Å²) in [6.45, 7) is 0. The highest BCUT2D eigenvalue weighted by molar-refractivity contribution is 5.94. The topological polar surface area (TPSA) is 3.88 Å². The van der Waals surface area contributed by atoms with Gasteiger partial charge in [-0.1, -0.05) is 6.07 Å². The molecule has 0 aromatic carbocycles. The molecule has 0 radical (unpaired) electrons. The Morgan fingerprint density at radius 2 is 1.57 bits per heavy atom. The molecule has 0 amide bonds. The predicted molar refractivity (Wildman–Crippen MR) is 32.0 cm³/mol. The fraction of sp³-hybridized carbons (Fsp3) is 0. The number of hydrogen-bond donors (Lipinski definition) is 0. The Balaban J connectivity index is 3.02. The van der Waals surface area contributed by atoms with Gasteiger partial charge in [-0.05, 0) is 12.1 Å². The molecule has 0 aliphatic rings. The molecule has 0 saturated heterocycles. The van der Waals surface area contributed by atoms with Gasteiger partial charge in [0.2, 0.25) is 0 Å². The van der Waals surface area contributed by atoms with Crippen LogP contribution in [0.15, 0.2) is 30.6 Å². The number of nitrogens with zero attached hydrogens (tertiary/aromatic N) is 1. The van der Waals surface area contributed by atoms with Gasteiger partial charge in [0.25, 0.3) is 0 Å². The third kappa shape index (κ3) is 1.12. The Morgan fingerprint density at radius 1 is 1.00 bits per heavy atom. The van der Waals surface area contributed by atoms with Gasteiger partial charge in [0, 0.05) is 0 Å².